The summed E-state index contributed by atoms with van der Waals surface area (Å²) >= 11 is 0. The molecular formula is C2H7AgN5Zn. The molecule has 0 amide bonds. The zero-order valence-corrected chi connectivity index (χ0v) is 9.11. The summed E-state index contributed by atoms with van der Waals surface area (Å²) in [5, 5.41) is 15.0. The van der Waals surface area contributed by atoms with Gasteiger partial charge in [-0.2, -0.15) is 0 Å². The van der Waals surface area contributed by atoms with Crippen LogP contribution < -0.4 is 16.8 Å². The molecule has 0 aliphatic rings. The summed E-state index contributed by atoms with van der Waals surface area (Å²) in [4.78, 5) is 0. The van der Waals surface area contributed by atoms with Crippen molar-refractivity contribution in [2.24, 2.45) is 11.5 Å². The molecule has 7 N–H and O–H groups in total. The van der Waals surface area contributed by atoms with Crippen molar-refractivity contribution in [3.63, 3.8) is 0 Å². The summed E-state index contributed by atoms with van der Waals surface area (Å²) < 4.78 is 0. The predicted molar refractivity (Wildman–Crippen MR) is 27.0 cm³/mol. The van der Waals surface area contributed by atoms with Gasteiger partial charge in [-0.25, -0.2) is 0 Å². The van der Waals surface area contributed by atoms with Gasteiger partial charge < -0.3 is 11.5 Å². The summed E-state index contributed by atoms with van der Waals surface area (Å²) in [5.74, 6) is -0.625. The molecule has 9 heavy (non-hydrogen) atoms. The molecule has 0 aliphatic carbocycles. The smallest absolute Gasteiger partial charge is 0.192 e. The fraction of sp³-hybridized carbons (Fsp3) is 0. The third kappa shape index (κ3) is 17.9. The SMILES string of the molecule is N=C(N)NC(=N)N.[Ag].[Zn]. The van der Waals surface area contributed by atoms with Gasteiger partial charge >= 0.3 is 0 Å². The molecule has 7 heteroatoms. The Labute approximate surface area is 81.2 Å². The summed E-state index contributed by atoms with van der Waals surface area (Å²) in [6, 6.07) is 0. The minimum Gasteiger partial charge on any atom is -0.370 e. The average molecular weight is 274 g/mol. The molecular weight excluding hydrogens is 267 g/mol. The van der Waals surface area contributed by atoms with Gasteiger partial charge in [-0.1, -0.05) is 0 Å². The Bertz CT molecular complexity index is 91.1. The van der Waals surface area contributed by atoms with Crippen LogP contribution in [0.5, 0.6) is 0 Å². The van der Waals surface area contributed by atoms with Gasteiger partial charge in [-0.3, -0.25) is 16.1 Å². The van der Waals surface area contributed by atoms with Crippen LogP contribution in [-0.4, -0.2) is 11.9 Å². The molecule has 53 valence electrons. The fourth-order valence-electron chi connectivity index (χ4n) is 0.145. The standard InChI is InChI=1S/C2H7N5.Ag.Zn/c3-1(4)7-2(5)6;;/h(H7,3,4,5,6,7);;. The molecule has 0 fully saturated rings. The normalized spacial score (nSPS) is 5.78. The average Bonchev–Trinajstić information content (AvgIpc) is 1.27. The van der Waals surface area contributed by atoms with Crippen molar-refractivity contribution in [3.8, 4) is 0 Å². The molecule has 0 aromatic rings. The van der Waals surface area contributed by atoms with Crippen LogP contribution in [0, 0.1) is 10.8 Å². The van der Waals surface area contributed by atoms with E-state index < -0.39 is 0 Å². The van der Waals surface area contributed by atoms with Crippen molar-refractivity contribution in [3.05, 3.63) is 0 Å². The van der Waals surface area contributed by atoms with Gasteiger partial charge in [0.25, 0.3) is 0 Å². The number of hydrogen-bond acceptors (Lipinski definition) is 2. The van der Waals surface area contributed by atoms with Crippen LogP contribution in [0.2, 0.25) is 0 Å². The topological polar surface area (TPSA) is 112 Å². The van der Waals surface area contributed by atoms with Crippen molar-refractivity contribution in [1.29, 1.82) is 10.8 Å². The number of guanidine groups is 2. The van der Waals surface area contributed by atoms with E-state index in [1.807, 2.05) is 5.32 Å². The van der Waals surface area contributed by atoms with E-state index in [4.69, 9.17) is 22.3 Å². The van der Waals surface area contributed by atoms with Crippen molar-refractivity contribution < 1.29 is 41.9 Å². The maximum Gasteiger partial charge on any atom is 0.192 e. The van der Waals surface area contributed by atoms with Gasteiger partial charge in [0.15, 0.2) is 11.9 Å². The molecule has 0 bridgehead atoms. The summed E-state index contributed by atoms with van der Waals surface area (Å²) in [6.45, 7) is 0. The number of rotatable bonds is 0. The summed E-state index contributed by atoms with van der Waals surface area (Å²) in [7, 11) is 0. The van der Waals surface area contributed by atoms with Crippen LogP contribution in [0.4, 0.5) is 0 Å². The van der Waals surface area contributed by atoms with Crippen LogP contribution in [-0.2, 0) is 41.9 Å². The maximum atomic E-state index is 6.47. The van der Waals surface area contributed by atoms with Crippen LogP contribution in [0.25, 0.3) is 0 Å². The van der Waals surface area contributed by atoms with E-state index in [0.717, 1.165) is 0 Å². The molecule has 0 aliphatic heterocycles. The third-order valence-corrected chi connectivity index (χ3v) is 0.269. The Hall–Kier alpha value is 0.104. The van der Waals surface area contributed by atoms with Gasteiger partial charge in [0.2, 0.25) is 0 Å². The van der Waals surface area contributed by atoms with Crippen LogP contribution in [0.1, 0.15) is 0 Å². The monoisotopic (exact) mass is 272 g/mol. The van der Waals surface area contributed by atoms with Crippen molar-refractivity contribution in [2.45, 2.75) is 0 Å². The van der Waals surface area contributed by atoms with Gasteiger partial charge in [0.1, 0.15) is 0 Å². The zero-order chi connectivity index (χ0) is 5.86. The zero-order valence-electron chi connectivity index (χ0n) is 4.66. The molecule has 0 atom stereocenters. The second-order valence-electron chi connectivity index (χ2n) is 0.952. The Kier molecular flexibility index (Phi) is 14.4. The van der Waals surface area contributed by atoms with Crippen molar-refractivity contribution in [2.75, 3.05) is 0 Å². The third-order valence-electron chi connectivity index (χ3n) is 0.269. The minimum absolute atomic E-state index is 0. The molecule has 0 aromatic heterocycles. The Balaban J connectivity index is -0.000000180. The van der Waals surface area contributed by atoms with Crippen molar-refractivity contribution in [1.82, 2.24) is 5.32 Å². The van der Waals surface area contributed by atoms with Gasteiger partial charge in [-0.15, -0.1) is 0 Å². The summed E-state index contributed by atoms with van der Waals surface area (Å²) in [6.07, 6.45) is 0. The number of nitrogens with one attached hydrogen (secondary N) is 3. The minimum atomic E-state index is -0.312. The molecule has 0 spiro atoms. The fourth-order valence-corrected chi connectivity index (χ4v) is 0.145. The quantitative estimate of drug-likeness (QED) is 0.207. The number of nitrogens with two attached hydrogens (primary N) is 2. The largest absolute Gasteiger partial charge is 0.370 e. The molecule has 0 unspecified atom stereocenters. The van der Waals surface area contributed by atoms with E-state index in [1.54, 1.807) is 0 Å². The molecule has 0 saturated carbocycles. The van der Waals surface area contributed by atoms with Crippen LogP contribution >= 0.6 is 0 Å². The van der Waals surface area contributed by atoms with Gasteiger partial charge in [-0.05, 0) is 0 Å². The Morgan fingerprint density at radius 3 is 1.33 bits per heavy atom. The van der Waals surface area contributed by atoms with Crippen LogP contribution in [0.3, 0.4) is 0 Å². The van der Waals surface area contributed by atoms with E-state index in [0.29, 0.717) is 0 Å². The van der Waals surface area contributed by atoms with E-state index >= 15 is 0 Å². The molecule has 0 heterocycles. The first-order chi connectivity index (χ1) is 3.13. The van der Waals surface area contributed by atoms with Gasteiger partial charge in [0.05, 0.1) is 0 Å². The van der Waals surface area contributed by atoms with E-state index in [-0.39, 0.29) is 53.8 Å². The Morgan fingerprint density at radius 1 is 1.11 bits per heavy atom. The molecule has 0 rings (SSSR count). The number of hydrogen-bond donors (Lipinski definition) is 5. The van der Waals surface area contributed by atoms with E-state index in [9.17, 15) is 0 Å². The second-order valence-corrected chi connectivity index (χ2v) is 0.952. The molecule has 1 radical (unpaired) electrons. The molecule has 0 aromatic carbocycles. The van der Waals surface area contributed by atoms with Gasteiger partial charge in [0, 0.05) is 41.9 Å². The maximum absolute atomic E-state index is 6.47. The summed E-state index contributed by atoms with van der Waals surface area (Å²) in [5.41, 5.74) is 9.49. The van der Waals surface area contributed by atoms with E-state index in [2.05, 4.69) is 0 Å². The molecule has 0 saturated heterocycles. The molecule has 5 nitrogen and oxygen atoms in total. The first kappa shape index (κ1) is 16.0. The first-order valence-corrected chi connectivity index (χ1v) is 1.58. The van der Waals surface area contributed by atoms with E-state index in [1.165, 1.54) is 0 Å². The van der Waals surface area contributed by atoms with Crippen LogP contribution in [0.15, 0.2) is 0 Å². The second kappa shape index (κ2) is 8.10. The first-order valence-electron chi connectivity index (χ1n) is 1.58. The Morgan fingerprint density at radius 2 is 1.33 bits per heavy atom. The van der Waals surface area contributed by atoms with Crippen molar-refractivity contribution >= 4 is 11.9 Å². The predicted octanol–water partition coefficient (Wildman–Crippen LogP) is -1.64.